The molecule has 8 nitrogen and oxygen atoms in total. The Hall–Kier alpha value is -3.42. The lowest BCUT2D eigenvalue weighted by Crippen LogP contribution is -2.26. The lowest BCUT2D eigenvalue weighted by atomic mass is 10.0. The standard InChI is InChI=1S/C21H23N7O/c1-26-13-19-18(12-27(2)25-19)14-7-16-17(10-23-21(16)22-8-14)15-9-24-28(11-15)6-4-3-5-20(26)29/h7-12H,3-6,13H2,1-2H3,(H,22,23). The van der Waals surface area contributed by atoms with Crippen molar-refractivity contribution in [2.24, 2.45) is 7.05 Å². The van der Waals surface area contributed by atoms with Crippen LogP contribution in [0.25, 0.3) is 33.3 Å². The van der Waals surface area contributed by atoms with E-state index in [1.54, 1.807) is 9.58 Å². The fourth-order valence-electron chi connectivity index (χ4n) is 3.96. The summed E-state index contributed by atoms with van der Waals surface area (Å²) < 4.78 is 3.74. The highest BCUT2D eigenvalue weighted by Gasteiger charge is 2.18. The maximum absolute atomic E-state index is 12.6. The molecule has 148 valence electrons. The first-order valence-corrected chi connectivity index (χ1v) is 9.85. The Balaban J connectivity index is 1.67. The van der Waals surface area contributed by atoms with E-state index in [1.807, 2.05) is 43.6 Å². The Morgan fingerprint density at radius 3 is 2.86 bits per heavy atom. The number of aromatic nitrogens is 6. The molecule has 4 aromatic heterocycles. The van der Waals surface area contributed by atoms with Crippen LogP contribution in [0.4, 0.5) is 0 Å². The minimum Gasteiger partial charge on any atom is -0.346 e. The lowest BCUT2D eigenvalue weighted by Gasteiger charge is -2.17. The summed E-state index contributed by atoms with van der Waals surface area (Å²) in [5.41, 5.74) is 5.85. The van der Waals surface area contributed by atoms with Gasteiger partial charge in [0.05, 0.1) is 18.4 Å². The van der Waals surface area contributed by atoms with E-state index in [9.17, 15) is 4.79 Å². The predicted molar refractivity (Wildman–Crippen MR) is 110 cm³/mol. The highest BCUT2D eigenvalue weighted by atomic mass is 16.2. The molecule has 0 spiro atoms. The topological polar surface area (TPSA) is 84.6 Å². The van der Waals surface area contributed by atoms with Crippen molar-refractivity contribution in [1.29, 1.82) is 0 Å². The number of aromatic amines is 1. The van der Waals surface area contributed by atoms with E-state index in [-0.39, 0.29) is 5.91 Å². The number of carbonyl (C=O) groups is 1. The Morgan fingerprint density at radius 2 is 1.97 bits per heavy atom. The van der Waals surface area contributed by atoms with Gasteiger partial charge in [-0.15, -0.1) is 0 Å². The van der Waals surface area contributed by atoms with Crippen LogP contribution in [-0.2, 0) is 24.9 Å². The highest BCUT2D eigenvalue weighted by molar-refractivity contribution is 5.95. The molecule has 5 rings (SSSR count). The minimum absolute atomic E-state index is 0.136. The van der Waals surface area contributed by atoms with Gasteiger partial charge >= 0.3 is 0 Å². The lowest BCUT2D eigenvalue weighted by molar-refractivity contribution is -0.130. The van der Waals surface area contributed by atoms with Crippen LogP contribution in [0.2, 0.25) is 0 Å². The zero-order valence-electron chi connectivity index (χ0n) is 16.6. The summed E-state index contributed by atoms with van der Waals surface area (Å²) in [6.45, 7) is 1.28. The summed E-state index contributed by atoms with van der Waals surface area (Å²) in [6.07, 6.45) is 12.1. The van der Waals surface area contributed by atoms with Crippen LogP contribution in [0, 0.1) is 0 Å². The van der Waals surface area contributed by atoms with Crippen molar-refractivity contribution >= 4 is 16.9 Å². The maximum atomic E-state index is 12.6. The number of nitrogens with one attached hydrogen (secondary N) is 1. The number of carbonyl (C=O) groups excluding carboxylic acids is 1. The predicted octanol–water partition coefficient (Wildman–Crippen LogP) is 2.97. The molecule has 4 aromatic rings. The molecular weight excluding hydrogens is 366 g/mol. The van der Waals surface area contributed by atoms with Crippen molar-refractivity contribution in [3.63, 3.8) is 0 Å². The average Bonchev–Trinajstić information content (AvgIpc) is 3.42. The van der Waals surface area contributed by atoms with Crippen molar-refractivity contribution < 1.29 is 4.79 Å². The summed E-state index contributed by atoms with van der Waals surface area (Å²) in [7, 11) is 3.74. The Morgan fingerprint density at radius 1 is 1.07 bits per heavy atom. The van der Waals surface area contributed by atoms with E-state index in [1.165, 1.54) is 0 Å². The van der Waals surface area contributed by atoms with Crippen molar-refractivity contribution in [3.8, 4) is 22.3 Å². The summed E-state index contributed by atoms with van der Waals surface area (Å²) in [5, 5.41) is 10.2. The molecule has 1 aliphatic rings. The van der Waals surface area contributed by atoms with Crippen molar-refractivity contribution in [1.82, 2.24) is 34.4 Å². The number of rotatable bonds is 0. The first-order chi connectivity index (χ1) is 14.1. The monoisotopic (exact) mass is 389 g/mol. The van der Waals surface area contributed by atoms with Crippen LogP contribution >= 0.6 is 0 Å². The number of fused-ring (bicyclic) bond motifs is 6. The van der Waals surface area contributed by atoms with Gasteiger partial charge in [0.1, 0.15) is 5.65 Å². The highest BCUT2D eigenvalue weighted by Crippen LogP contribution is 2.32. The van der Waals surface area contributed by atoms with Crippen LogP contribution < -0.4 is 0 Å². The molecule has 0 radical (unpaired) electrons. The normalized spacial score (nSPS) is 15.2. The van der Waals surface area contributed by atoms with Crippen LogP contribution in [0.1, 0.15) is 25.0 Å². The van der Waals surface area contributed by atoms with Gasteiger partial charge in [-0.25, -0.2) is 4.98 Å². The van der Waals surface area contributed by atoms with E-state index in [2.05, 4.69) is 32.4 Å². The molecule has 0 saturated heterocycles. The molecule has 0 unspecified atom stereocenters. The molecule has 8 heteroatoms. The molecule has 1 amide bonds. The van der Waals surface area contributed by atoms with Gasteiger partial charge in [0.15, 0.2) is 0 Å². The number of hydrogen-bond donors (Lipinski definition) is 1. The van der Waals surface area contributed by atoms with Crippen LogP contribution in [0.15, 0.2) is 37.1 Å². The van der Waals surface area contributed by atoms with Gasteiger partial charge in [0.2, 0.25) is 5.91 Å². The fourth-order valence-corrected chi connectivity index (χ4v) is 3.96. The fraction of sp³-hybridized carbons (Fsp3) is 0.333. The van der Waals surface area contributed by atoms with Gasteiger partial charge in [0.25, 0.3) is 0 Å². The number of hydrogen-bond acceptors (Lipinski definition) is 4. The largest absolute Gasteiger partial charge is 0.346 e. The molecule has 29 heavy (non-hydrogen) atoms. The van der Waals surface area contributed by atoms with Gasteiger partial charge in [-0.2, -0.15) is 10.2 Å². The van der Waals surface area contributed by atoms with Crippen molar-refractivity contribution in [2.45, 2.75) is 32.4 Å². The maximum Gasteiger partial charge on any atom is 0.222 e. The molecule has 0 atom stereocenters. The van der Waals surface area contributed by atoms with E-state index >= 15 is 0 Å². The third kappa shape index (κ3) is 3.20. The zero-order chi connectivity index (χ0) is 20.0. The van der Waals surface area contributed by atoms with E-state index in [4.69, 9.17) is 0 Å². The molecule has 1 N–H and O–H groups in total. The van der Waals surface area contributed by atoms with Gasteiger partial charge in [0, 0.05) is 79.5 Å². The molecule has 0 aromatic carbocycles. The van der Waals surface area contributed by atoms with Crippen LogP contribution in [-0.4, -0.2) is 47.4 Å². The summed E-state index contributed by atoms with van der Waals surface area (Å²) >= 11 is 0. The van der Waals surface area contributed by atoms with Crippen molar-refractivity contribution in [2.75, 3.05) is 7.05 Å². The van der Waals surface area contributed by atoms with Crippen molar-refractivity contribution in [3.05, 3.63) is 42.7 Å². The first-order valence-electron chi connectivity index (χ1n) is 9.85. The summed E-state index contributed by atoms with van der Waals surface area (Å²) in [5.74, 6) is 0.136. The average molecular weight is 389 g/mol. The van der Waals surface area contributed by atoms with Gasteiger partial charge < -0.3 is 9.88 Å². The molecule has 0 fully saturated rings. The second-order valence-electron chi connectivity index (χ2n) is 7.68. The number of pyridine rings is 1. The zero-order valence-corrected chi connectivity index (χ0v) is 16.6. The number of amides is 1. The van der Waals surface area contributed by atoms with Crippen LogP contribution in [0.3, 0.4) is 0 Å². The summed E-state index contributed by atoms with van der Waals surface area (Å²) in [6, 6.07) is 2.14. The number of H-pyrrole nitrogens is 1. The second-order valence-corrected chi connectivity index (χ2v) is 7.68. The molecule has 1 aliphatic heterocycles. The van der Waals surface area contributed by atoms with Crippen LogP contribution in [0.5, 0.6) is 0 Å². The van der Waals surface area contributed by atoms with Gasteiger partial charge in [-0.3, -0.25) is 14.2 Å². The Kier molecular flexibility index (Phi) is 4.19. The Bertz CT molecular complexity index is 1200. The molecule has 4 bridgehead atoms. The second kappa shape index (κ2) is 6.88. The third-order valence-electron chi connectivity index (χ3n) is 5.53. The molecule has 0 saturated carbocycles. The van der Waals surface area contributed by atoms with E-state index in [0.717, 1.165) is 58.4 Å². The first kappa shape index (κ1) is 17.7. The third-order valence-corrected chi connectivity index (χ3v) is 5.53. The quantitative estimate of drug-likeness (QED) is 0.501. The van der Waals surface area contributed by atoms with Gasteiger partial charge in [-0.05, 0) is 18.9 Å². The number of aryl methyl sites for hydroxylation is 2. The van der Waals surface area contributed by atoms with E-state index in [0.29, 0.717) is 13.0 Å². The summed E-state index contributed by atoms with van der Waals surface area (Å²) in [4.78, 5) is 22.2. The van der Waals surface area contributed by atoms with E-state index < -0.39 is 0 Å². The smallest absolute Gasteiger partial charge is 0.222 e. The molecule has 5 heterocycles. The minimum atomic E-state index is 0.136. The molecular formula is C21H23N7O. The Labute approximate surface area is 168 Å². The van der Waals surface area contributed by atoms with Gasteiger partial charge in [-0.1, -0.05) is 0 Å². The SMILES string of the molecule is CN1Cc2nn(C)cc2-c2cnc3[nH]cc(c3c2)-c2cnn(c2)CCCCC1=O. The molecule has 0 aliphatic carbocycles. The number of nitrogens with zero attached hydrogens (tertiary/aromatic N) is 6.